The zero-order chi connectivity index (χ0) is 22.4. The summed E-state index contributed by atoms with van der Waals surface area (Å²) in [6.45, 7) is 1.78. The van der Waals surface area contributed by atoms with Crippen LogP contribution in [0.2, 0.25) is 5.02 Å². The van der Waals surface area contributed by atoms with Gasteiger partial charge in [0.1, 0.15) is 17.2 Å². The minimum Gasteiger partial charge on any atom is -0.386 e. The molecule has 0 aromatic heterocycles. The van der Waals surface area contributed by atoms with Gasteiger partial charge in [0, 0.05) is 29.2 Å². The molecule has 0 saturated carbocycles. The Morgan fingerprint density at radius 1 is 1.26 bits per heavy atom. The normalized spacial score (nSPS) is 27.3. The Bertz CT molecular complexity index is 1170. The van der Waals surface area contributed by atoms with Crippen LogP contribution >= 0.6 is 11.6 Å². The van der Waals surface area contributed by atoms with E-state index < -0.39 is 31.7 Å². The molecule has 2 aliphatic heterocycles. The highest BCUT2D eigenvalue weighted by atomic mass is 35.5. The van der Waals surface area contributed by atoms with Gasteiger partial charge in [0.15, 0.2) is 20.4 Å². The van der Waals surface area contributed by atoms with Gasteiger partial charge in [-0.15, -0.1) is 0 Å². The molecule has 31 heavy (non-hydrogen) atoms. The first-order valence-corrected chi connectivity index (χ1v) is 11.8. The van der Waals surface area contributed by atoms with Gasteiger partial charge in [-0.3, -0.25) is 9.79 Å². The summed E-state index contributed by atoms with van der Waals surface area (Å²) in [5.41, 5.74) is 5.84. The highest BCUT2D eigenvalue weighted by Crippen LogP contribution is 2.41. The smallest absolute Gasteiger partial charge is 0.168 e. The van der Waals surface area contributed by atoms with Crippen molar-refractivity contribution in [1.29, 1.82) is 0 Å². The molecule has 1 saturated heterocycles. The van der Waals surface area contributed by atoms with Crippen molar-refractivity contribution in [1.82, 2.24) is 0 Å². The van der Waals surface area contributed by atoms with Crippen LogP contribution in [0.4, 0.5) is 4.39 Å². The summed E-state index contributed by atoms with van der Waals surface area (Å²) in [4.78, 5) is 17.1. The number of benzene rings is 2. The maximum atomic E-state index is 14.8. The van der Waals surface area contributed by atoms with E-state index >= 15 is 0 Å². The topological polar surface area (TPSA) is 98.8 Å². The van der Waals surface area contributed by atoms with Crippen LogP contribution in [0.5, 0.6) is 0 Å². The fourth-order valence-electron chi connectivity index (χ4n) is 4.22. The van der Waals surface area contributed by atoms with Gasteiger partial charge in [-0.2, -0.15) is 0 Å². The predicted molar refractivity (Wildman–Crippen MR) is 117 cm³/mol. The Morgan fingerprint density at radius 3 is 2.58 bits per heavy atom. The molecule has 2 aromatic carbocycles. The second-order valence-corrected chi connectivity index (χ2v) is 11.0. The third-order valence-corrected chi connectivity index (χ3v) is 8.94. The monoisotopic (exact) mass is 464 g/mol. The summed E-state index contributed by atoms with van der Waals surface area (Å²) >= 11 is 5.86. The number of nitrogens with zero attached hydrogens (tertiary/aromatic N) is 1. The Labute approximate surface area is 185 Å². The van der Waals surface area contributed by atoms with Crippen LogP contribution in [-0.2, 0) is 26.5 Å². The molecule has 2 N–H and O–H groups in total. The number of nitrogens with two attached hydrogens (primary N) is 1. The number of hydrogen-bond acceptors (Lipinski definition) is 6. The molecular weight excluding hydrogens is 443 g/mol. The van der Waals surface area contributed by atoms with Crippen molar-refractivity contribution >= 4 is 33.1 Å². The highest BCUT2D eigenvalue weighted by Gasteiger charge is 2.57. The number of halogens is 2. The number of carbonyl (C=O) groups excluding carboxylic acids is 1. The molecule has 2 heterocycles. The molecule has 0 bridgehead atoms. The average Bonchev–Trinajstić information content (AvgIpc) is 3.20. The predicted octanol–water partition coefficient (Wildman–Crippen LogP) is 3.06. The number of aliphatic imine (C=N–C) groups is 1. The number of hydrogen-bond donors (Lipinski definition) is 1. The van der Waals surface area contributed by atoms with E-state index in [0.717, 1.165) is 0 Å². The molecule has 0 amide bonds. The SMILES string of the molecule is C[C@@]1(c2cc(CC(=O)c3ccc(Cl)cc3)ccc2F)CS(=O)(=O)[C@]2(CCOC2)C(N)=N1. The second kappa shape index (κ2) is 7.69. The third-order valence-electron chi connectivity index (χ3n) is 6.03. The zero-order valence-electron chi connectivity index (χ0n) is 16.9. The van der Waals surface area contributed by atoms with Gasteiger partial charge < -0.3 is 10.5 Å². The third kappa shape index (κ3) is 3.77. The summed E-state index contributed by atoms with van der Waals surface area (Å²) in [6, 6.07) is 10.7. The van der Waals surface area contributed by atoms with Crippen molar-refractivity contribution in [2.24, 2.45) is 10.7 Å². The molecular formula is C22H22ClFN2O4S. The molecule has 0 aliphatic carbocycles. The molecule has 2 aliphatic rings. The molecule has 2 aromatic rings. The van der Waals surface area contributed by atoms with E-state index in [9.17, 15) is 17.6 Å². The molecule has 2 atom stereocenters. The number of carbonyl (C=O) groups is 1. The largest absolute Gasteiger partial charge is 0.386 e. The lowest BCUT2D eigenvalue weighted by molar-refractivity contribution is 0.0993. The molecule has 4 rings (SSSR count). The first-order valence-electron chi connectivity index (χ1n) is 9.80. The van der Waals surface area contributed by atoms with Crippen LogP contribution in [0.3, 0.4) is 0 Å². The number of amidine groups is 1. The molecule has 0 radical (unpaired) electrons. The van der Waals surface area contributed by atoms with Crippen LogP contribution in [0, 0.1) is 5.82 Å². The van der Waals surface area contributed by atoms with E-state index in [-0.39, 0.29) is 43.2 Å². The summed E-state index contributed by atoms with van der Waals surface area (Å²) in [5.74, 6) is -1.22. The van der Waals surface area contributed by atoms with Gasteiger partial charge in [0.05, 0.1) is 12.4 Å². The Morgan fingerprint density at radius 2 is 1.97 bits per heavy atom. The lowest BCUT2D eigenvalue weighted by atomic mass is 9.90. The number of rotatable bonds is 4. The van der Waals surface area contributed by atoms with Crippen LogP contribution in [0.15, 0.2) is 47.5 Å². The number of ketones is 1. The van der Waals surface area contributed by atoms with Gasteiger partial charge in [-0.25, -0.2) is 12.8 Å². The van der Waals surface area contributed by atoms with Gasteiger partial charge >= 0.3 is 0 Å². The maximum Gasteiger partial charge on any atom is 0.168 e. The fourth-order valence-corrected chi connectivity index (χ4v) is 6.60. The summed E-state index contributed by atoms with van der Waals surface area (Å²) < 4.78 is 45.1. The Kier molecular flexibility index (Phi) is 5.44. The standard InChI is InChI=1S/C22H22ClFN2O4S/c1-21(13-31(28,29)22(20(25)26-21)8-9-30-12-22)17-10-14(2-7-18(17)24)11-19(27)15-3-5-16(23)6-4-15/h2-7,10H,8-9,11-13H2,1H3,(H2,25,26)/t21-,22-/m0/s1. The highest BCUT2D eigenvalue weighted by molar-refractivity contribution is 7.93. The Hall–Kier alpha value is -2.29. The summed E-state index contributed by atoms with van der Waals surface area (Å²) in [5, 5.41) is 0.521. The first kappa shape index (κ1) is 21.9. The van der Waals surface area contributed by atoms with Crippen molar-refractivity contribution in [2.45, 2.75) is 30.1 Å². The summed E-state index contributed by atoms with van der Waals surface area (Å²) in [6.07, 6.45) is 0.258. The van der Waals surface area contributed by atoms with Crippen LogP contribution in [0.1, 0.15) is 34.8 Å². The van der Waals surface area contributed by atoms with E-state index in [2.05, 4.69) is 4.99 Å². The number of sulfone groups is 1. The molecule has 1 spiro atoms. The van der Waals surface area contributed by atoms with E-state index in [1.165, 1.54) is 18.2 Å². The molecule has 1 fully saturated rings. The average molecular weight is 465 g/mol. The molecule has 0 unspecified atom stereocenters. The van der Waals surface area contributed by atoms with E-state index in [4.69, 9.17) is 22.1 Å². The molecule has 164 valence electrons. The van der Waals surface area contributed by atoms with Crippen molar-refractivity contribution in [3.8, 4) is 0 Å². The minimum absolute atomic E-state index is 0.0225. The van der Waals surface area contributed by atoms with Crippen LogP contribution in [-0.4, -0.2) is 43.8 Å². The Balaban J connectivity index is 1.69. The van der Waals surface area contributed by atoms with Crippen molar-refractivity contribution in [3.63, 3.8) is 0 Å². The lowest BCUT2D eigenvalue weighted by Gasteiger charge is -2.39. The van der Waals surface area contributed by atoms with E-state index in [1.54, 1.807) is 31.2 Å². The molecule has 9 heteroatoms. The van der Waals surface area contributed by atoms with E-state index in [1.807, 2.05) is 0 Å². The van der Waals surface area contributed by atoms with Gasteiger partial charge in [-0.05, 0) is 55.3 Å². The second-order valence-electron chi connectivity index (χ2n) is 8.25. The van der Waals surface area contributed by atoms with E-state index in [0.29, 0.717) is 16.1 Å². The minimum atomic E-state index is -3.75. The van der Waals surface area contributed by atoms with Crippen molar-refractivity contribution in [2.75, 3.05) is 19.0 Å². The van der Waals surface area contributed by atoms with Crippen molar-refractivity contribution < 1.29 is 22.3 Å². The molecule has 6 nitrogen and oxygen atoms in total. The maximum absolute atomic E-state index is 14.8. The van der Waals surface area contributed by atoms with Crippen LogP contribution in [0.25, 0.3) is 0 Å². The zero-order valence-corrected chi connectivity index (χ0v) is 18.5. The van der Waals surface area contributed by atoms with Crippen molar-refractivity contribution in [3.05, 3.63) is 70.0 Å². The van der Waals surface area contributed by atoms with Gasteiger partial charge in [0.2, 0.25) is 0 Å². The van der Waals surface area contributed by atoms with Crippen LogP contribution < -0.4 is 5.73 Å². The van der Waals surface area contributed by atoms with Gasteiger partial charge in [-0.1, -0.05) is 17.7 Å². The fraction of sp³-hybridized carbons (Fsp3) is 0.364. The summed E-state index contributed by atoms with van der Waals surface area (Å²) in [7, 11) is -3.75. The number of Topliss-reactive ketones (excluding diaryl/α,β-unsaturated/α-hetero) is 1. The van der Waals surface area contributed by atoms with Gasteiger partial charge in [0.25, 0.3) is 0 Å². The first-order chi connectivity index (χ1) is 14.6. The number of ether oxygens (including phenoxy) is 1. The lowest BCUT2D eigenvalue weighted by Crippen LogP contribution is -2.58. The quantitative estimate of drug-likeness (QED) is 0.701.